The Bertz CT molecular complexity index is 875. The quantitative estimate of drug-likeness (QED) is 0.250. The molecule has 1 aliphatic rings. The lowest BCUT2D eigenvalue weighted by Gasteiger charge is -2.32. The zero-order chi connectivity index (χ0) is 21.4. The van der Waals surface area contributed by atoms with E-state index in [4.69, 9.17) is 4.74 Å². The fraction of sp³-hybridized carbons (Fsp3) is 0.346. The van der Waals surface area contributed by atoms with Gasteiger partial charge in [-0.15, -0.1) is 0 Å². The van der Waals surface area contributed by atoms with Gasteiger partial charge in [-0.2, -0.15) is 0 Å². The summed E-state index contributed by atoms with van der Waals surface area (Å²) in [5.41, 5.74) is 5.14. The van der Waals surface area contributed by atoms with Gasteiger partial charge in [0.05, 0.1) is 0 Å². The van der Waals surface area contributed by atoms with Crippen molar-refractivity contribution in [3.8, 4) is 11.5 Å². The highest BCUT2D eigenvalue weighted by atomic mass is 16.5. The van der Waals surface area contributed by atoms with Gasteiger partial charge in [0.2, 0.25) is 0 Å². The number of rotatable bonds is 6. The number of phenols is 1. The zero-order valence-corrected chi connectivity index (χ0v) is 18.2. The van der Waals surface area contributed by atoms with Gasteiger partial charge in [0.1, 0.15) is 11.5 Å². The lowest BCUT2D eigenvalue weighted by Crippen LogP contribution is -2.19. The smallest absolute Gasteiger partial charge is 0.336 e. The molecule has 2 rings (SSSR count). The number of carbonyl (C=O) groups is 1. The number of benzene rings is 1. The van der Waals surface area contributed by atoms with Crippen LogP contribution in [0.2, 0.25) is 0 Å². The molecule has 29 heavy (non-hydrogen) atoms. The third-order valence-corrected chi connectivity index (χ3v) is 5.17. The van der Waals surface area contributed by atoms with Crippen molar-refractivity contribution in [1.29, 1.82) is 0 Å². The first-order chi connectivity index (χ1) is 13.7. The van der Waals surface area contributed by atoms with Crippen LogP contribution in [0.1, 0.15) is 53.9 Å². The van der Waals surface area contributed by atoms with E-state index in [-0.39, 0.29) is 11.2 Å². The summed E-state index contributed by atoms with van der Waals surface area (Å²) in [6.45, 7) is 10.8. The molecule has 3 heteroatoms. The van der Waals surface area contributed by atoms with Crippen LogP contribution in [-0.2, 0) is 4.79 Å². The summed E-state index contributed by atoms with van der Waals surface area (Å²) in [7, 11) is 0. The summed E-state index contributed by atoms with van der Waals surface area (Å²) < 4.78 is 5.21. The Morgan fingerprint density at radius 2 is 1.79 bits per heavy atom. The standard InChI is InChI=1S/C26H32O3/c1-19(11-16-24-21(3)10-7-17-26(24,4)5)8-6-9-20(2)18-25(28)29-23-14-12-22(27)13-15-23/h6,8-9,11-16,18,27H,7,10,17H2,1-5H3. The molecule has 0 bridgehead atoms. The molecule has 154 valence electrons. The number of hydrogen-bond acceptors (Lipinski definition) is 3. The molecule has 0 spiro atoms. The van der Waals surface area contributed by atoms with Crippen molar-refractivity contribution in [2.45, 2.75) is 53.9 Å². The fourth-order valence-electron chi connectivity index (χ4n) is 3.53. The molecular weight excluding hydrogens is 360 g/mol. The number of carbonyl (C=O) groups excluding carboxylic acids is 1. The summed E-state index contributed by atoms with van der Waals surface area (Å²) in [5.74, 6) is 0.0893. The third kappa shape index (κ3) is 7.26. The molecule has 0 heterocycles. The van der Waals surface area contributed by atoms with Crippen molar-refractivity contribution >= 4 is 5.97 Å². The molecule has 0 fully saturated rings. The molecular formula is C26H32O3. The third-order valence-electron chi connectivity index (χ3n) is 5.17. The van der Waals surface area contributed by atoms with Crippen LogP contribution in [0.25, 0.3) is 0 Å². The highest BCUT2D eigenvalue weighted by molar-refractivity contribution is 5.85. The first kappa shape index (κ1) is 22.5. The highest BCUT2D eigenvalue weighted by Crippen LogP contribution is 2.40. The number of ether oxygens (including phenoxy) is 1. The Balaban J connectivity index is 1.95. The lowest BCUT2D eigenvalue weighted by atomic mass is 9.72. The van der Waals surface area contributed by atoms with E-state index in [0.29, 0.717) is 5.75 Å². The van der Waals surface area contributed by atoms with Crippen molar-refractivity contribution in [2.75, 3.05) is 0 Å². The van der Waals surface area contributed by atoms with Gasteiger partial charge in [0.25, 0.3) is 0 Å². The van der Waals surface area contributed by atoms with E-state index >= 15 is 0 Å². The van der Waals surface area contributed by atoms with Crippen molar-refractivity contribution in [1.82, 2.24) is 0 Å². The van der Waals surface area contributed by atoms with Crippen LogP contribution in [0.3, 0.4) is 0 Å². The Morgan fingerprint density at radius 3 is 2.45 bits per heavy atom. The summed E-state index contributed by atoms with van der Waals surface area (Å²) in [6.07, 6.45) is 15.4. The van der Waals surface area contributed by atoms with E-state index in [1.165, 1.54) is 48.6 Å². The highest BCUT2D eigenvalue weighted by Gasteiger charge is 2.26. The number of esters is 1. The summed E-state index contributed by atoms with van der Waals surface area (Å²) in [4.78, 5) is 11.9. The number of hydrogen-bond donors (Lipinski definition) is 1. The minimum Gasteiger partial charge on any atom is -0.508 e. The van der Waals surface area contributed by atoms with Crippen molar-refractivity contribution < 1.29 is 14.6 Å². The average molecular weight is 393 g/mol. The van der Waals surface area contributed by atoms with E-state index in [9.17, 15) is 9.90 Å². The largest absolute Gasteiger partial charge is 0.508 e. The second kappa shape index (κ2) is 10.1. The van der Waals surface area contributed by atoms with Crippen LogP contribution in [0, 0.1) is 5.41 Å². The predicted octanol–water partition coefficient (Wildman–Crippen LogP) is 6.83. The summed E-state index contributed by atoms with van der Waals surface area (Å²) >= 11 is 0. The monoisotopic (exact) mass is 392 g/mol. The maximum Gasteiger partial charge on any atom is 0.336 e. The molecule has 1 N–H and O–H groups in total. The van der Waals surface area contributed by atoms with Crippen LogP contribution in [0.4, 0.5) is 0 Å². The number of allylic oxidation sites excluding steroid dienone is 9. The first-order valence-corrected chi connectivity index (χ1v) is 10.1. The summed E-state index contributed by atoms with van der Waals surface area (Å²) in [6, 6.07) is 6.06. The van der Waals surface area contributed by atoms with Gasteiger partial charge in [-0.25, -0.2) is 4.79 Å². The van der Waals surface area contributed by atoms with Gasteiger partial charge in [-0.05, 0) is 80.9 Å². The van der Waals surface area contributed by atoms with Crippen LogP contribution >= 0.6 is 0 Å². The predicted molar refractivity (Wildman–Crippen MR) is 120 cm³/mol. The topological polar surface area (TPSA) is 46.5 Å². The minimum absolute atomic E-state index is 0.133. The molecule has 0 radical (unpaired) electrons. The van der Waals surface area contributed by atoms with Crippen LogP contribution < -0.4 is 4.74 Å². The molecule has 0 amide bonds. The van der Waals surface area contributed by atoms with E-state index in [1.807, 2.05) is 25.2 Å². The molecule has 0 unspecified atom stereocenters. The normalized spacial score (nSPS) is 18.0. The number of aromatic hydroxyl groups is 1. The van der Waals surface area contributed by atoms with Crippen LogP contribution in [0.5, 0.6) is 11.5 Å². The molecule has 1 aliphatic carbocycles. The average Bonchev–Trinajstić information content (AvgIpc) is 2.62. The Kier molecular flexibility index (Phi) is 7.83. The zero-order valence-electron chi connectivity index (χ0n) is 18.2. The molecule has 0 aliphatic heterocycles. The molecule has 0 saturated heterocycles. The molecule has 0 aromatic heterocycles. The minimum atomic E-state index is -0.444. The van der Waals surface area contributed by atoms with Gasteiger partial charge in [-0.3, -0.25) is 0 Å². The molecule has 1 aromatic carbocycles. The van der Waals surface area contributed by atoms with E-state index in [1.54, 1.807) is 12.1 Å². The van der Waals surface area contributed by atoms with Crippen molar-refractivity contribution in [3.63, 3.8) is 0 Å². The van der Waals surface area contributed by atoms with E-state index in [0.717, 1.165) is 11.1 Å². The lowest BCUT2D eigenvalue weighted by molar-refractivity contribution is -0.129. The van der Waals surface area contributed by atoms with Crippen LogP contribution in [0.15, 0.2) is 83.0 Å². The van der Waals surface area contributed by atoms with Crippen molar-refractivity contribution in [2.24, 2.45) is 5.41 Å². The maximum absolute atomic E-state index is 11.9. The van der Waals surface area contributed by atoms with Gasteiger partial charge in [0, 0.05) is 6.08 Å². The molecule has 3 nitrogen and oxygen atoms in total. The maximum atomic E-state index is 11.9. The van der Waals surface area contributed by atoms with Gasteiger partial charge < -0.3 is 9.84 Å². The van der Waals surface area contributed by atoms with Gasteiger partial charge in [0.15, 0.2) is 0 Å². The number of phenolic OH excluding ortho intramolecular Hbond substituents is 1. The summed E-state index contributed by atoms with van der Waals surface area (Å²) in [5, 5.41) is 9.25. The van der Waals surface area contributed by atoms with Crippen molar-refractivity contribution in [3.05, 3.63) is 83.0 Å². The van der Waals surface area contributed by atoms with Gasteiger partial charge in [-0.1, -0.05) is 55.4 Å². The Morgan fingerprint density at radius 1 is 1.10 bits per heavy atom. The fourth-order valence-corrected chi connectivity index (χ4v) is 3.53. The Hall–Kier alpha value is -2.81. The first-order valence-electron chi connectivity index (χ1n) is 10.1. The molecule has 1 aromatic rings. The van der Waals surface area contributed by atoms with E-state index < -0.39 is 5.97 Å². The van der Waals surface area contributed by atoms with Crippen LogP contribution in [-0.4, -0.2) is 11.1 Å². The second-order valence-electron chi connectivity index (χ2n) is 8.34. The van der Waals surface area contributed by atoms with Gasteiger partial charge >= 0.3 is 5.97 Å². The second-order valence-corrected chi connectivity index (χ2v) is 8.34. The van der Waals surface area contributed by atoms with E-state index in [2.05, 4.69) is 39.8 Å². The molecule has 0 saturated carbocycles. The molecule has 0 atom stereocenters. The Labute approximate surface area is 174 Å². The SMILES string of the molecule is CC(C=CC1=C(C)CCCC1(C)C)=CC=CC(C)=CC(=O)Oc1ccc(O)cc1.